The van der Waals surface area contributed by atoms with Crippen molar-refractivity contribution in [2.24, 2.45) is 5.92 Å². The molecule has 0 aromatic carbocycles. The number of unbranched alkanes of at least 4 members (excludes halogenated alkanes) is 2. The van der Waals surface area contributed by atoms with Crippen molar-refractivity contribution in [2.45, 2.75) is 52.9 Å². The Morgan fingerprint density at radius 1 is 1.00 bits per heavy atom. The van der Waals surface area contributed by atoms with E-state index < -0.39 is 5.92 Å². The van der Waals surface area contributed by atoms with Crippen LogP contribution in [0.25, 0.3) is 0 Å². The molecule has 1 atom stereocenters. The first kappa shape index (κ1) is 15.9. The summed E-state index contributed by atoms with van der Waals surface area (Å²) in [5, 5.41) is 0. The van der Waals surface area contributed by atoms with Crippen molar-refractivity contribution in [3.05, 3.63) is 0 Å². The van der Waals surface area contributed by atoms with Crippen molar-refractivity contribution in [3.63, 3.8) is 0 Å². The minimum absolute atomic E-state index is 0.106. The molecule has 4 heteroatoms. The molecular weight excluding hydrogens is 220 g/mol. The highest BCUT2D eigenvalue weighted by atomic mass is 16.5. The number of hydrogen-bond donors (Lipinski definition) is 0. The number of carbonyl (C=O) groups is 2. The second kappa shape index (κ2) is 10.1. The Morgan fingerprint density at radius 3 is 2.06 bits per heavy atom. The van der Waals surface area contributed by atoms with Crippen molar-refractivity contribution in [2.75, 3.05) is 13.2 Å². The van der Waals surface area contributed by atoms with E-state index in [0.29, 0.717) is 13.2 Å². The fourth-order valence-corrected chi connectivity index (χ4v) is 1.18. The predicted octanol–water partition coefficient (Wildman–Crippen LogP) is 2.70. The van der Waals surface area contributed by atoms with Crippen molar-refractivity contribution in [1.82, 2.24) is 0 Å². The number of rotatable bonds is 9. The topological polar surface area (TPSA) is 52.6 Å². The number of carbonyl (C=O) groups excluding carboxylic acids is 2. The molecule has 0 aliphatic carbocycles. The highest BCUT2D eigenvalue weighted by Crippen LogP contribution is 2.07. The normalized spacial score (nSPS) is 11.9. The maximum atomic E-state index is 11.5. The van der Waals surface area contributed by atoms with Gasteiger partial charge in [0, 0.05) is 0 Å². The van der Waals surface area contributed by atoms with Crippen LogP contribution in [0.1, 0.15) is 52.9 Å². The molecule has 17 heavy (non-hydrogen) atoms. The Bertz CT molecular complexity index is 225. The standard InChI is InChI=1S/C13H24O4/c1-4-6-8-16-12(14)10-11(3)13(15)17-9-7-5-2/h11H,4-10H2,1-3H3. The molecule has 0 aromatic heterocycles. The molecule has 0 rings (SSSR count). The molecule has 0 saturated heterocycles. The van der Waals surface area contributed by atoms with Crippen LogP contribution in [0.4, 0.5) is 0 Å². The Labute approximate surface area is 104 Å². The number of esters is 2. The van der Waals surface area contributed by atoms with Crippen LogP contribution in [0, 0.1) is 5.92 Å². The van der Waals surface area contributed by atoms with Crippen molar-refractivity contribution in [3.8, 4) is 0 Å². The number of hydrogen-bond acceptors (Lipinski definition) is 4. The van der Waals surface area contributed by atoms with Gasteiger partial charge in [-0.15, -0.1) is 0 Å². The van der Waals surface area contributed by atoms with Gasteiger partial charge in [0.2, 0.25) is 0 Å². The minimum atomic E-state index is -0.416. The highest BCUT2D eigenvalue weighted by molar-refractivity contribution is 5.79. The Kier molecular flexibility index (Phi) is 9.49. The van der Waals surface area contributed by atoms with E-state index in [0.717, 1.165) is 25.7 Å². The van der Waals surface area contributed by atoms with Gasteiger partial charge in [-0.3, -0.25) is 9.59 Å². The lowest BCUT2D eigenvalue weighted by molar-refractivity contribution is -0.154. The van der Waals surface area contributed by atoms with Gasteiger partial charge in [0.1, 0.15) is 0 Å². The lowest BCUT2D eigenvalue weighted by Gasteiger charge is -2.10. The van der Waals surface area contributed by atoms with E-state index in [2.05, 4.69) is 0 Å². The molecule has 0 aliphatic heterocycles. The summed E-state index contributed by atoms with van der Waals surface area (Å²) in [7, 11) is 0. The molecule has 0 radical (unpaired) electrons. The zero-order chi connectivity index (χ0) is 13.1. The third-order valence-corrected chi connectivity index (χ3v) is 2.38. The van der Waals surface area contributed by atoms with Gasteiger partial charge in [0.25, 0.3) is 0 Å². The zero-order valence-corrected chi connectivity index (χ0v) is 11.2. The van der Waals surface area contributed by atoms with Gasteiger partial charge in [0.05, 0.1) is 25.6 Å². The molecule has 0 saturated carbocycles. The van der Waals surface area contributed by atoms with Gasteiger partial charge >= 0.3 is 11.9 Å². The average molecular weight is 244 g/mol. The maximum Gasteiger partial charge on any atom is 0.309 e. The van der Waals surface area contributed by atoms with Crippen LogP contribution < -0.4 is 0 Å². The smallest absolute Gasteiger partial charge is 0.309 e. The fraction of sp³-hybridized carbons (Fsp3) is 0.846. The van der Waals surface area contributed by atoms with Gasteiger partial charge < -0.3 is 9.47 Å². The summed E-state index contributed by atoms with van der Waals surface area (Å²) in [6, 6.07) is 0. The third-order valence-electron chi connectivity index (χ3n) is 2.38. The van der Waals surface area contributed by atoms with E-state index in [1.807, 2.05) is 13.8 Å². The predicted molar refractivity (Wildman–Crippen MR) is 65.5 cm³/mol. The first-order valence-electron chi connectivity index (χ1n) is 6.44. The van der Waals surface area contributed by atoms with Crippen LogP contribution in [0.3, 0.4) is 0 Å². The van der Waals surface area contributed by atoms with Crippen LogP contribution in [0.5, 0.6) is 0 Å². The molecule has 0 spiro atoms. The summed E-state index contributed by atoms with van der Waals surface area (Å²) in [5.41, 5.74) is 0. The first-order valence-corrected chi connectivity index (χ1v) is 6.44. The summed E-state index contributed by atoms with van der Waals surface area (Å²) in [6.07, 6.45) is 3.80. The second-order valence-corrected chi connectivity index (χ2v) is 4.20. The van der Waals surface area contributed by atoms with Gasteiger partial charge in [-0.05, 0) is 12.8 Å². The quantitative estimate of drug-likeness (QED) is 0.462. The van der Waals surface area contributed by atoms with Gasteiger partial charge in [-0.2, -0.15) is 0 Å². The molecule has 0 N–H and O–H groups in total. The van der Waals surface area contributed by atoms with E-state index in [4.69, 9.17) is 9.47 Å². The van der Waals surface area contributed by atoms with E-state index in [-0.39, 0.29) is 18.4 Å². The molecular formula is C13H24O4. The number of ether oxygens (including phenoxy) is 2. The molecule has 4 nitrogen and oxygen atoms in total. The van der Waals surface area contributed by atoms with Gasteiger partial charge in [-0.1, -0.05) is 33.6 Å². The molecule has 0 fully saturated rings. The third kappa shape index (κ3) is 8.72. The molecule has 0 heterocycles. The lowest BCUT2D eigenvalue weighted by Crippen LogP contribution is -2.20. The molecule has 0 bridgehead atoms. The van der Waals surface area contributed by atoms with Crippen molar-refractivity contribution < 1.29 is 19.1 Å². The van der Waals surface area contributed by atoms with E-state index in [9.17, 15) is 9.59 Å². The zero-order valence-electron chi connectivity index (χ0n) is 11.2. The molecule has 1 unspecified atom stereocenters. The fourth-order valence-electron chi connectivity index (χ4n) is 1.18. The first-order chi connectivity index (χ1) is 8.11. The Morgan fingerprint density at radius 2 is 1.53 bits per heavy atom. The summed E-state index contributed by atoms with van der Waals surface area (Å²) in [4.78, 5) is 22.8. The van der Waals surface area contributed by atoms with Crippen molar-refractivity contribution in [1.29, 1.82) is 0 Å². The van der Waals surface area contributed by atoms with Crippen LogP contribution in [0.15, 0.2) is 0 Å². The van der Waals surface area contributed by atoms with Gasteiger partial charge in [-0.25, -0.2) is 0 Å². The molecule has 0 aromatic rings. The minimum Gasteiger partial charge on any atom is -0.466 e. The SMILES string of the molecule is CCCCOC(=O)CC(C)C(=O)OCCCC. The Hall–Kier alpha value is -1.06. The molecule has 100 valence electrons. The van der Waals surface area contributed by atoms with E-state index >= 15 is 0 Å². The summed E-state index contributed by atoms with van der Waals surface area (Å²) < 4.78 is 10.0. The summed E-state index contributed by atoms with van der Waals surface area (Å²) >= 11 is 0. The summed E-state index contributed by atoms with van der Waals surface area (Å²) in [6.45, 7) is 6.62. The highest BCUT2D eigenvalue weighted by Gasteiger charge is 2.18. The van der Waals surface area contributed by atoms with Crippen molar-refractivity contribution >= 4 is 11.9 Å². The molecule has 0 aliphatic rings. The van der Waals surface area contributed by atoms with E-state index in [1.54, 1.807) is 6.92 Å². The van der Waals surface area contributed by atoms with Crippen LogP contribution in [0.2, 0.25) is 0 Å². The maximum absolute atomic E-state index is 11.5. The second-order valence-electron chi connectivity index (χ2n) is 4.20. The Balaban J connectivity index is 3.71. The van der Waals surface area contributed by atoms with Crippen LogP contribution >= 0.6 is 0 Å². The lowest BCUT2D eigenvalue weighted by atomic mass is 10.1. The van der Waals surface area contributed by atoms with E-state index in [1.165, 1.54) is 0 Å². The monoisotopic (exact) mass is 244 g/mol. The summed E-state index contributed by atoms with van der Waals surface area (Å²) in [5.74, 6) is -1.05. The largest absolute Gasteiger partial charge is 0.466 e. The molecule has 0 amide bonds. The average Bonchev–Trinajstić information content (AvgIpc) is 2.29. The van der Waals surface area contributed by atoms with Crippen LogP contribution in [-0.4, -0.2) is 25.2 Å². The van der Waals surface area contributed by atoms with Gasteiger partial charge in [0.15, 0.2) is 0 Å². The van der Waals surface area contributed by atoms with Crippen LogP contribution in [-0.2, 0) is 19.1 Å².